The quantitative estimate of drug-likeness (QED) is 0.822. The highest BCUT2D eigenvalue weighted by Crippen LogP contribution is 2.25. The summed E-state index contributed by atoms with van der Waals surface area (Å²) in [5.41, 5.74) is -0.622. The van der Waals surface area contributed by atoms with Gasteiger partial charge >= 0.3 is 0 Å². The molecule has 1 aromatic rings. The van der Waals surface area contributed by atoms with Crippen LogP contribution < -0.4 is 9.64 Å². The summed E-state index contributed by atoms with van der Waals surface area (Å²) in [7, 11) is 0. The topological polar surface area (TPSA) is 58.5 Å². The van der Waals surface area contributed by atoms with Gasteiger partial charge in [-0.15, -0.1) is 0 Å². The highest BCUT2D eigenvalue weighted by Gasteiger charge is 2.32. The van der Waals surface area contributed by atoms with E-state index in [-0.39, 0.29) is 0 Å². The molecule has 1 atom stereocenters. The lowest BCUT2D eigenvalue weighted by molar-refractivity contribution is 0.0839. The number of rotatable bonds is 3. The third-order valence-electron chi connectivity index (χ3n) is 2.67. The van der Waals surface area contributed by atoms with Gasteiger partial charge in [-0.3, -0.25) is 4.98 Å². The van der Waals surface area contributed by atoms with Gasteiger partial charge in [0.25, 0.3) is 0 Å². The second kappa shape index (κ2) is 4.25. The Bertz CT molecular complexity index is 368. The summed E-state index contributed by atoms with van der Waals surface area (Å²) >= 11 is 0. The predicted octanol–water partition coefficient (Wildman–Crippen LogP) is 0.836. The van der Waals surface area contributed by atoms with Crippen molar-refractivity contribution in [2.75, 3.05) is 24.6 Å². The highest BCUT2D eigenvalue weighted by molar-refractivity contribution is 5.39. The molecule has 0 bridgehead atoms. The lowest BCUT2D eigenvalue weighted by Crippen LogP contribution is -2.30. The van der Waals surface area contributed by atoms with Gasteiger partial charge in [-0.2, -0.15) is 4.98 Å². The van der Waals surface area contributed by atoms with Crippen LogP contribution in [0.2, 0.25) is 0 Å². The Morgan fingerprint density at radius 3 is 3.00 bits per heavy atom. The minimum atomic E-state index is -0.622. The Kier molecular flexibility index (Phi) is 2.96. The molecule has 0 saturated carbocycles. The van der Waals surface area contributed by atoms with E-state index < -0.39 is 5.60 Å². The van der Waals surface area contributed by atoms with Crippen molar-refractivity contribution in [1.82, 2.24) is 9.97 Å². The molecule has 1 N–H and O–H groups in total. The van der Waals surface area contributed by atoms with E-state index in [0.717, 1.165) is 18.8 Å². The van der Waals surface area contributed by atoms with Gasteiger partial charge in [0.2, 0.25) is 5.88 Å². The standard InChI is InChI=1S/C11H17N3O2/c1-3-16-10-7-12-6-9(13-10)14-5-4-11(2,15)8-14/h6-7,15H,3-5,8H2,1-2H3. The molecule has 1 aliphatic rings. The third-order valence-corrected chi connectivity index (χ3v) is 2.67. The van der Waals surface area contributed by atoms with Crippen molar-refractivity contribution in [3.05, 3.63) is 12.4 Å². The molecule has 0 aliphatic carbocycles. The second-order valence-corrected chi connectivity index (χ2v) is 4.32. The molecule has 0 aromatic carbocycles. The average molecular weight is 223 g/mol. The number of nitrogens with zero attached hydrogens (tertiary/aromatic N) is 3. The molecule has 0 amide bonds. The molecule has 1 fully saturated rings. The summed E-state index contributed by atoms with van der Waals surface area (Å²) in [5.74, 6) is 1.30. The molecule has 1 unspecified atom stereocenters. The van der Waals surface area contributed by atoms with Crippen LogP contribution in [0.25, 0.3) is 0 Å². The minimum absolute atomic E-state index is 0.534. The fourth-order valence-electron chi connectivity index (χ4n) is 1.85. The summed E-state index contributed by atoms with van der Waals surface area (Å²) in [6.45, 7) is 5.73. The zero-order valence-corrected chi connectivity index (χ0v) is 9.68. The summed E-state index contributed by atoms with van der Waals surface area (Å²) in [5, 5.41) is 9.88. The fourth-order valence-corrected chi connectivity index (χ4v) is 1.85. The number of ether oxygens (including phenoxy) is 1. The molecule has 0 radical (unpaired) electrons. The molecule has 5 nitrogen and oxygen atoms in total. The molecule has 1 saturated heterocycles. The molecule has 88 valence electrons. The van der Waals surface area contributed by atoms with Crippen LogP contribution in [0.1, 0.15) is 20.3 Å². The van der Waals surface area contributed by atoms with Crippen molar-refractivity contribution >= 4 is 5.82 Å². The lowest BCUT2D eigenvalue weighted by Gasteiger charge is -2.19. The molecule has 0 spiro atoms. The molecule has 16 heavy (non-hydrogen) atoms. The van der Waals surface area contributed by atoms with E-state index in [4.69, 9.17) is 4.74 Å². The summed E-state index contributed by atoms with van der Waals surface area (Å²) in [6.07, 6.45) is 4.05. The number of hydrogen-bond donors (Lipinski definition) is 1. The smallest absolute Gasteiger partial charge is 0.234 e. The van der Waals surface area contributed by atoms with Gasteiger partial charge in [-0.25, -0.2) is 0 Å². The summed E-state index contributed by atoms with van der Waals surface area (Å²) in [4.78, 5) is 10.4. The van der Waals surface area contributed by atoms with E-state index in [0.29, 0.717) is 19.0 Å². The minimum Gasteiger partial charge on any atom is -0.477 e. The molecule has 2 rings (SSSR count). The second-order valence-electron chi connectivity index (χ2n) is 4.32. The van der Waals surface area contributed by atoms with Gasteiger partial charge in [0, 0.05) is 13.1 Å². The average Bonchev–Trinajstić information content (AvgIpc) is 2.60. The number of aromatic nitrogens is 2. The van der Waals surface area contributed by atoms with Crippen molar-refractivity contribution in [1.29, 1.82) is 0 Å². The van der Waals surface area contributed by atoms with Crippen molar-refractivity contribution in [3.8, 4) is 5.88 Å². The van der Waals surface area contributed by atoms with Crippen LogP contribution in [0.4, 0.5) is 5.82 Å². The molecular formula is C11H17N3O2. The van der Waals surface area contributed by atoms with Crippen molar-refractivity contribution in [2.24, 2.45) is 0 Å². The fraction of sp³-hybridized carbons (Fsp3) is 0.636. The summed E-state index contributed by atoms with van der Waals surface area (Å²) < 4.78 is 5.30. The normalized spacial score (nSPS) is 24.8. The Balaban J connectivity index is 2.12. The maximum atomic E-state index is 9.88. The molecule has 5 heteroatoms. The zero-order valence-electron chi connectivity index (χ0n) is 9.68. The van der Waals surface area contributed by atoms with Gasteiger partial charge in [0.15, 0.2) is 5.82 Å². The van der Waals surface area contributed by atoms with Gasteiger partial charge in [0.05, 0.1) is 24.6 Å². The van der Waals surface area contributed by atoms with Crippen molar-refractivity contribution < 1.29 is 9.84 Å². The highest BCUT2D eigenvalue weighted by atomic mass is 16.5. The first-order chi connectivity index (χ1) is 7.61. The van der Waals surface area contributed by atoms with Crippen LogP contribution in [-0.2, 0) is 0 Å². The van der Waals surface area contributed by atoms with Gasteiger partial charge in [-0.05, 0) is 20.3 Å². The SMILES string of the molecule is CCOc1cncc(N2CCC(C)(O)C2)n1. The van der Waals surface area contributed by atoms with E-state index in [9.17, 15) is 5.11 Å². The Hall–Kier alpha value is -1.36. The van der Waals surface area contributed by atoms with E-state index in [2.05, 4.69) is 9.97 Å². The van der Waals surface area contributed by atoms with E-state index >= 15 is 0 Å². The number of hydrogen-bond acceptors (Lipinski definition) is 5. The third kappa shape index (κ3) is 2.41. The Morgan fingerprint density at radius 2 is 2.38 bits per heavy atom. The van der Waals surface area contributed by atoms with Crippen LogP contribution >= 0.6 is 0 Å². The molecule has 1 aliphatic heterocycles. The van der Waals surface area contributed by atoms with Crippen LogP contribution in [0, 0.1) is 0 Å². The zero-order chi connectivity index (χ0) is 11.6. The Labute approximate surface area is 95.1 Å². The van der Waals surface area contributed by atoms with Crippen LogP contribution in [0.5, 0.6) is 5.88 Å². The monoisotopic (exact) mass is 223 g/mol. The van der Waals surface area contributed by atoms with Crippen LogP contribution in [-0.4, -0.2) is 40.4 Å². The predicted molar refractivity (Wildman–Crippen MR) is 60.7 cm³/mol. The first-order valence-electron chi connectivity index (χ1n) is 5.53. The van der Waals surface area contributed by atoms with Gasteiger partial charge in [0.1, 0.15) is 0 Å². The molecule has 2 heterocycles. The number of β-amino-alcohol motifs (C(OH)–C–C–N with tert-alkyl or cyclic N) is 1. The van der Waals surface area contributed by atoms with Crippen LogP contribution in [0.15, 0.2) is 12.4 Å². The maximum Gasteiger partial charge on any atom is 0.234 e. The summed E-state index contributed by atoms with van der Waals surface area (Å²) in [6, 6.07) is 0. The van der Waals surface area contributed by atoms with Gasteiger partial charge in [-0.1, -0.05) is 0 Å². The number of aliphatic hydroxyl groups is 1. The van der Waals surface area contributed by atoms with Crippen molar-refractivity contribution in [2.45, 2.75) is 25.9 Å². The molecular weight excluding hydrogens is 206 g/mol. The molecule has 1 aromatic heterocycles. The lowest BCUT2D eigenvalue weighted by atomic mass is 10.1. The van der Waals surface area contributed by atoms with E-state index in [1.165, 1.54) is 0 Å². The largest absolute Gasteiger partial charge is 0.477 e. The van der Waals surface area contributed by atoms with Gasteiger partial charge < -0.3 is 14.7 Å². The first kappa shape index (κ1) is 11.1. The van der Waals surface area contributed by atoms with E-state index in [1.54, 1.807) is 12.4 Å². The maximum absolute atomic E-state index is 9.88. The first-order valence-corrected chi connectivity index (χ1v) is 5.53. The van der Waals surface area contributed by atoms with Crippen molar-refractivity contribution in [3.63, 3.8) is 0 Å². The Morgan fingerprint density at radius 1 is 1.56 bits per heavy atom. The number of anilines is 1. The van der Waals surface area contributed by atoms with Crippen LogP contribution in [0.3, 0.4) is 0 Å². The van der Waals surface area contributed by atoms with E-state index in [1.807, 2.05) is 18.7 Å².